The number of rotatable bonds is 5. The van der Waals surface area contributed by atoms with E-state index in [4.69, 9.17) is 5.11 Å². The quantitative estimate of drug-likeness (QED) is 0.809. The topological polar surface area (TPSA) is 83.6 Å². The summed E-state index contributed by atoms with van der Waals surface area (Å²) in [7, 11) is 0. The van der Waals surface area contributed by atoms with Crippen LogP contribution in [0.1, 0.15) is 30.8 Å². The first-order valence-electron chi connectivity index (χ1n) is 4.99. The van der Waals surface area contributed by atoms with Crippen LogP contribution in [-0.2, 0) is 4.79 Å². The number of carbonyl (C=O) groups is 2. The van der Waals surface area contributed by atoms with Crippen molar-refractivity contribution in [2.45, 2.75) is 26.3 Å². The molecule has 6 heteroatoms. The van der Waals surface area contributed by atoms with E-state index in [1.165, 1.54) is 17.2 Å². The Morgan fingerprint density at radius 1 is 1.62 bits per heavy atom. The predicted octanol–water partition coefficient (Wildman–Crippen LogP) is 1.000. The van der Waals surface area contributed by atoms with E-state index in [-0.39, 0.29) is 18.3 Å². The van der Waals surface area contributed by atoms with Gasteiger partial charge in [-0.1, -0.05) is 12.1 Å². The van der Waals surface area contributed by atoms with E-state index >= 15 is 0 Å². The van der Waals surface area contributed by atoms with Gasteiger partial charge in [-0.3, -0.25) is 9.59 Å². The number of carboxylic acid groups (broad SMARTS) is 1. The molecule has 0 spiro atoms. The summed E-state index contributed by atoms with van der Waals surface area (Å²) in [5.74, 6) is -1.47. The van der Waals surface area contributed by atoms with Gasteiger partial charge in [0, 0.05) is 12.1 Å². The number of amides is 1. The highest BCUT2D eigenvalue weighted by molar-refractivity contribution is 5.94. The maximum absolute atomic E-state index is 11.9. The molecule has 0 aliphatic heterocycles. The molecular weight excluding hydrogens is 212 g/mol. The molecule has 1 N–H and O–H groups in total. The molecule has 0 fully saturated rings. The number of hydrogen-bond acceptors (Lipinski definition) is 4. The van der Waals surface area contributed by atoms with Crippen LogP contribution >= 0.6 is 0 Å². The van der Waals surface area contributed by atoms with Crippen LogP contribution in [0.2, 0.25) is 0 Å². The van der Waals surface area contributed by atoms with Gasteiger partial charge in [0.1, 0.15) is 12.8 Å². The Bertz CT molecular complexity index is 361. The van der Waals surface area contributed by atoms with Crippen LogP contribution < -0.4 is 0 Å². The molecule has 0 saturated heterocycles. The molecule has 0 saturated carbocycles. The minimum atomic E-state index is -1.04. The summed E-state index contributed by atoms with van der Waals surface area (Å²) >= 11 is 0. The molecule has 1 unspecified atom stereocenters. The van der Waals surface area contributed by atoms with Gasteiger partial charge < -0.3 is 14.5 Å². The van der Waals surface area contributed by atoms with E-state index in [0.717, 1.165) is 0 Å². The first-order chi connectivity index (χ1) is 7.56. The van der Waals surface area contributed by atoms with Crippen molar-refractivity contribution in [1.29, 1.82) is 0 Å². The van der Waals surface area contributed by atoms with Crippen molar-refractivity contribution in [3.05, 3.63) is 18.0 Å². The summed E-state index contributed by atoms with van der Waals surface area (Å²) in [6.07, 6.45) is 1.96. The zero-order valence-electron chi connectivity index (χ0n) is 9.21. The molecule has 1 aromatic heterocycles. The smallest absolute Gasteiger partial charge is 0.323 e. The normalized spacial score (nSPS) is 12.1. The molecule has 1 atom stereocenters. The number of aromatic nitrogens is 1. The molecule has 0 aliphatic rings. The van der Waals surface area contributed by atoms with Crippen LogP contribution in [0.3, 0.4) is 0 Å². The minimum absolute atomic E-state index is 0.126. The number of hydrogen-bond donors (Lipinski definition) is 1. The molecular formula is C10H14N2O4. The van der Waals surface area contributed by atoms with Gasteiger partial charge in [0.25, 0.3) is 5.91 Å². The Hall–Kier alpha value is -1.85. The van der Waals surface area contributed by atoms with E-state index in [1.54, 1.807) is 6.92 Å². The Labute approximate surface area is 92.8 Å². The molecule has 1 rings (SSSR count). The predicted molar refractivity (Wildman–Crippen MR) is 54.9 cm³/mol. The van der Waals surface area contributed by atoms with Crippen LogP contribution in [0.4, 0.5) is 0 Å². The molecule has 0 bridgehead atoms. The van der Waals surface area contributed by atoms with Crippen molar-refractivity contribution < 1.29 is 19.2 Å². The zero-order valence-corrected chi connectivity index (χ0v) is 9.21. The standard InChI is InChI=1S/C10H14N2O4/c1-3-7(2)12(6-9(13)14)10(15)8-4-5-16-11-8/h4-5,7H,3,6H2,1-2H3,(H,13,14). The molecule has 1 heterocycles. The Morgan fingerprint density at radius 3 is 2.75 bits per heavy atom. The summed E-state index contributed by atoms with van der Waals surface area (Å²) < 4.78 is 4.56. The van der Waals surface area contributed by atoms with E-state index in [9.17, 15) is 9.59 Å². The molecule has 0 aromatic carbocycles. The highest BCUT2D eigenvalue weighted by Crippen LogP contribution is 2.09. The lowest BCUT2D eigenvalue weighted by atomic mass is 10.2. The van der Waals surface area contributed by atoms with Crippen LogP contribution in [-0.4, -0.2) is 39.6 Å². The van der Waals surface area contributed by atoms with Crippen LogP contribution in [0.5, 0.6) is 0 Å². The Kier molecular flexibility index (Phi) is 4.04. The van der Waals surface area contributed by atoms with Gasteiger partial charge >= 0.3 is 5.97 Å². The van der Waals surface area contributed by atoms with Crippen molar-refractivity contribution in [2.24, 2.45) is 0 Å². The van der Waals surface area contributed by atoms with Gasteiger partial charge in [0.15, 0.2) is 5.69 Å². The van der Waals surface area contributed by atoms with Gasteiger partial charge in [-0.05, 0) is 13.3 Å². The van der Waals surface area contributed by atoms with Crippen molar-refractivity contribution in [2.75, 3.05) is 6.54 Å². The fourth-order valence-corrected chi connectivity index (χ4v) is 1.26. The fourth-order valence-electron chi connectivity index (χ4n) is 1.26. The maximum Gasteiger partial charge on any atom is 0.323 e. The largest absolute Gasteiger partial charge is 0.480 e. The first kappa shape index (κ1) is 12.2. The summed E-state index contributed by atoms with van der Waals surface area (Å²) in [5.41, 5.74) is 0.126. The Morgan fingerprint density at radius 2 is 2.31 bits per heavy atom. The number of carboxylic acids is 1. The molecule has 0 radical (unpaired) electrons. The first-order valence-corrected chi connectivity index (χ1v) is 4.99. The number of carbonyl (C=O) groups excluding carboxylic acids is 1. The third kappa shape index (κ3) is 2.82. The zero-order chi connectivity index (χ0) is 12.1. The SMILES string of the molecule is CCC(C)N(CC(=O)O)C(=O)c1ccon1. The average molecular weight is 226 g/mol. The third-order valence-corrected chi connectivity index (χ3v) is 2.35. The van der Waals surface area contributed by atoms with Gasteiger partial charge in [0.2, 0.25) is 0 Å². The summed E-state index contributed by atoms with van der Waals surface area (Å²) in [5, 5.41) is 12.2. The maximum atomic E-state index is 11.9. The summed E-state index contributed by atoms with van der Waals surface area (Å²) in [4.78, 5) is 23.8. The van der Waals surface area contributed by atoms with Crippen LogP contribution in [0, 0.1) is 0 Å². The lowest BCUT2D eigenvalue weighted by Crippen LogP contribution is -2.41. The van der Waals surface area contributed by atoms with Crippen LogP contribution in [0.25, 0.3) is 0 Å². The Balaban J connectivity index is 2.84. The second-order valence-corrected chi connectivity index (χ2v) is 3.47. The van der Waals surface area contributed by atoms with Crippen molar-refractivity contribution in [3.8, 4) is 0 Å². The third-order valence-electron chi connectivity index (χ3n) is 2.35. The van der Waals surface area contributed by atoms with Crippen molar-refractivity contribution >= 4 is 11.9 Å². The number of nitrogens with zero attached hydrogens (tertiary/aromatic N) is 2. The molecule has 0 aliphatic carbocycles. The second-order valence-electron chi connectivity index (χ2n) is 3.47. The molecule has 16 heavy (non-hydrogen) atoms. The highest BCUT2D eigenvalue weighted by Gasteiger charge is 2.24. The van der Waals surface area contributed by atoms with E-state index in [1.807, 2.05) is 6.92 Å². The monoisotopic (exact) mass is 226 g/mol. The van der Waals surface area contributed by atoms with Gasteiger partial charge in [0.05, 0.1) is 0 Å². The van der Waals surface area contributed by atoms with E-state index < -0.39 is 11.9 Å². The fraction of sp³-hybridized carbons (Fsp3) is 0.500. The summed E-state index contributed by atoms with van der Waals surface area (Å²) in [6.45, 7) is 3.34. The minimum Gasteiger partial charge on any atom is -0.480 e. The summed E-state index contributed by atoms with van der Waals surface area (Å²) in [6, 6.07) is 1.26. The van der Waals surface area contributed by atoms with Gasteiger partial charge in [-0.25, -0.2) is 0 Å². The van der Waals surface area contributed by atoms with E-state index in [0.29, 0.717) is 6.42 Å². The van der Waals surface area contributed by atoms with Crippen LogP contribution in [0.15, 0.2) is 16.9 Å². The number of aliphatic carboxylic acids is 1. The van der Waals surface area contributed by atoms with E-state index in [2.05, 4.69) is 9.68 Å². The lowest BCUT2D eigenvalue weighted by Gasteiger charge is -2.25. The van der Waals surface area contributed by atoms with Gasteiger partial charge in [-0.15, -0.1) is 0 Å². The molecule has 1 amide bonds. The van der Waals surface area contributed by atoms with Crippen molar-refractivity contribution in [3.63, 3.8) is 0 Å². The van der Waals surface area contributed by atoms with Crippen molar-refractivity contribution in [1.82, 2.24) is 10.1 Å². The highest BCUT2D eigenvalue weighted by atomic mass is 16.5. The van der Waals surface area contributed by atoms with Gasteiger partial charge in [-0.2, -0.15) is 0 Å². The molecule has 1 aromatic rings. The molecule has 88 valence electrons. The second kappa shape index (κ2) is 5.29. The lowest BCUT2D eigenvalue weighted by molar-refractivity contribution is -0.138. The molecule has 6 nitrogen and oxygen atoms in total. The average Bonchev–Trinajstić information content (AvgIpc) is 2.77.